The van der Waals surface area contributed by atoms with Crippen LogP contribution in [0, 0.1) is 11.8 Å². The largest absolute Gasteiger partial charge is 0.342 e. The Hall–Kier alpha value is -1.36. The van der Waals surface area contributed by atoms with Gasteiger partial charge in [0.25, 0.3) is 0 Å². The summed E-state index contributed by atoms with van der Waals surface area (Å²) in [5, 5.41) is 4.33. The molecule has 0 bridgehead atoms. The number of rotatable bonds is 3. The molecule has 0 aromatic carbocycles. The third kappa shape index (κ3) is 3.10. The third-order valence-corrected chi connectivity index (χ3v) is 6.58. The van der Waals surface area contributed by atoms with Crippen molar-refractivity contribution in [2.75, 3.05) is 19.6 Å². The first-order chi connectivity index (χ1) is 11.6. The van der Waals surface area contributed by atoms with Crippen LogP contribution in [0.25, 0.3) is 0 Å². The number of amides is 2. The Morgan fingerprint density at radius 2 is 1.96 bits per heavy atom. The van der Waals surface area contributed by atoms with Crippen molar-refractivity contribution in [1.82, 2.24) is 9.80 Å². The first-order valence-electron chi connectivity index (χ1n) is 9.25. The molecule has 130 valence electrons. The molecule has 4 nitrogen and oxygen atoms in total. The normalized spacial score (nSPS) is 30.6. The van der Waals surface area contributed by atoms with Gasteiger partial charge >= 0.3 is 0 Å². The quantitative estimate of drug-likeness (QED) is 0.844. The molecule has 3 atom stereocenters. The van der Waals surface area contributed by atoms with Crippen molar-refractivity contribution in [3.05, 3.63) is 22.4 Å². The Morgan fingerprint density at radius 3 is 2.67 bits per heavy atom. The fourth-order valence-corrected chi connectivity index (χ4v) is 5.03. The highest BCUT2D eigenvalue weighted by molar-refractivity contribution is 7.08. The van der Waals surface area contributed by atoms with E-state index in [9.17, 15) is 9.59 Å². The van der Waals surface area contributed by atoms with Crippen LogP contribution >= 0.6 is 11.3 Å². The fraction of sp³-hybridized carbons (Fsp3) is 0.684. The molecule has 0 radical (unpaired) electrons. The number of carbonyl (C=O) groups is 2. The van der Waals surface area contributed by atoms with Gasteiger partial charge in [-0.05, 0) is 61.4 Å². The van der Waals surface area contributed by atoms with Crippen LogP contribution in [0.3, 0.4) is 0 Å². The van der Waals surface area contributed by atoms with Crippen LogP contribution in [0.2, 0.25) is 0 Å². The van der Waals surface area contributed by atoms with Crippen molar-refractivity contribution in [3.8, 4) is 0 Å². The molecule has 1 aliphatic carbocycles. The third-order valence-electron chi connectivity index (χ3n) is 5.88. The minimum absolute atomic E-state index is 0.00475. The summed E-state index contributed by atoms with van der Waals surface area (Å²) in [6.07, 6.45) is 5.03. The second kappa shape index (κ2) is 6.51. The van der Waals surface area contributed by atoms with E-state index in [1.165, 1.54) is 5.56 Å². The van der Waals surface area contributed by atoms with Crippen LogP contribution in [0.5, 0.6) is 0 Å². The molecule has 0 spiro atoms. The Kier molecular flexibility index (Phi) is 4.37. The monoisotopic (exact) mass is 346 g/mol. The Labute approximate surface area is 147 Å². The molecule has 5 heteroatoms. The van der Waals surface area contributed by atoms with E-state index in [0.29, 0.717) is 18.5 Å². The maximum atomic E-state index is 13.1. The Bertz CT molecular complexity index is 611. The molecule has 1 aromatic rings. The van der Waals surface area contributed by atoms with Crippen molar-refractivity contribution in [1.29, 1.82) is 0 Å². The number of piperidine rings is 1. The second-order valence-electron chi connectivity index (χ2n) is 7.73. The summed E-state index contributed by atoms with van der Waals surface area (Å²) in [5.74, 6) is 1.30. The summed E-state index contributed by atoms with van der Waals surface area (Å²) in [7, 11) is 0. The van der Waals surface area contributed by atoms with Gasteiger partial charge in [-0.15, -0.1) is 0 Å². The van der Waals surface area contributed by atoms with Crippen LogP contribution < -0.4 is 0 Å². The van der Waals surface area contributed by atoms with Crippen molar-refractivity contribution < 1.29 is 9.59 Å². The van der Waals surface area contributed by atoms with Crippen LogP contribution in [0.1, 0.15) is 50.5 Å². The zero-order chi connectivity index (χ0) is 16.7. The summed E-state index contributed by atoms with van der Waals surface area (Å²) >= 11 is 1.73. The van der Waals surface area contributed by atoms with E-state index in [0.717, 1.165) is 45.2 Å². The maximum absolute atomic E-state index is 13.1. The highest BCUT2D eigenvalue weighted by Gasteiger charge is 2.40. The number of likely N-dealkylation sites (tertiary alicyclic amines) is 2. The van der Waals surface area contributed by atoms with E-state index in [2.05, 4.69) is 28.7 Å². The van der Waals surface area contributed by atoms with Gasteiger partial charge in [-0.1, -0.05) is 0 Å². The van der Waals surface area contributed by atoms with Crippen LogP contribution in [0.4, 0.5) is 0 Å². The topological polar surface area (TPSA) is 40.6 Å². The highest BCUT2D eigenvalue weighted by Crippen LogP contribution is 2.36. The highest BCUT2D eigenvalue weighted by atomic mass is 32.1. The Morgan fingerprint density at radius 1 is 1.12 bits per heavy atom. The van der Waals surface area contributed by atoms with Crippen molar-refractivity contribution >= 4 is 23.2 Å². The van der Waals surface area contributed by atoms with E-state index in [1.54, 1.807) is 11.3 Å². The number of hydrogen-bond donors (Lipinski definition) is 0. The molecule has 1 saturated carbocycles. The summed E-state index contributed by atoms with van der Waals surface area (Å²) in [5.41, 5.74) is 1.37. The van der Waals surface area contributed by atoms with Gasteiger partial charge in [-0.3, -0.25) is 9.59 Å². The minimum atomic E-state index is 0.00475. The maximum Gasteiger partial charge on any atom is 0.227 e. The van der Waals surface area contributed by atoms with E-state index >= 15 is 0 Å². The lowest BCUT2D eigenvalue weighted by Crippen LogP contribution is -2.48. The second-order valence-corrected chi connectivity index (χ2v) is 8.51. The SMILES string of the molecule is CC1CC(c2ccsc2)CN1C(=O)C1CCCN(C(=O)C2CC2)C1. The molecule has 2 aliphatic heterocycles. The molecule has 3 unspecified atom stereocenters. The average molecular weight is 346 g/mol. The van der Waals surface area contributed by atoms with Crippen molar-refractivity contribution in [2.24, 2.45) is 11.8 Å². The van der Waals surface area contributed by atoms with Crippen LogP contribution in [-0.2, 0) is 9.59 Å². The first-order valence-corrected chi connectivity index (χ1v) is 10.2. The molecule has 1 aromatic heterocycles. The predicted octanol–water partition coefficient (Wildman–Crippen LogP) is 3.10. The molecule has 3 heterocycles. The van der Waals surface area contributed by atoms with E-state index in [4.69, 9.17) is 0 Å². The minimum Gasteiger partial charge on any atom is -0.342 e. The number of thiophene rings is 1. The van der Waals surface area contributed by atoms with Gasteiger partial charge < -0.3 is 9.80 Å². The lowest BCUT2D eigenvalue weighted by molar-refractivity contribution is -0.141. The fourth-order valence-electron chi connectivity index (χ4n) is 4.29. The van der Waals surface area contributed by atoms with Crippen LogP contribution in [0.15, 0.2) is 16.8 Å². The molecule has 0 N–H and O–H groups in total. The van der Waals surface area contributed by atoms with Crippen LogP contribution in [-0.4, -0.2) is 47.3 Å². The van der Waals surface area contributed by atoms with E-state index in [-0.39, 0.29) is 23.7 Å². The molecular formula is C19H26N2O2S. The van der Waals surface area contributed by atoms with Gasteiger partial charge in [0.05, 0.1) is 5.92 Å². The zero-order valence-corrected chi connectivity index (χ0v) is 15.1. The molecule has 2 saturated heterocycles. The van der Waals surface area contributed by atoms with Gasteiger partial charge in [-0.2, -0.15) is 11.3 Å². The summed E-state index contributed by atoms with van der Waals surface area (Å²) in [4.78, 5) is 29.4. The van der Waals surface area contributed by atoms with Gasteiger partial charge in [0.1, 0.15) is 0 Å². The summed E-state index contributed by atoms with van der Waals surface area (Å²) in [6, 6.07) is 2.49. The van der Waals surface area contributed by atoms with Gasteiger partial charge in [0, 0.05) is 37.5 Å². The lowest BCUT2D eigenvalue weighted by atomic mass is 9.96. The first kappa shape index (κ1) is 16.1. The zero-order valence-electron chi connectivity index (χ0n) is 14.3. The smallest absolute Gasteiger partial charge is 0.227 e. The van der Waals surface area contributed by atoms with Gasteiger partial charge in [0.2, 0.25) is 11.8 Å². The molecule has 24 heavy (non-hydrogen) atoms. The molecule has 4 rings (SSSR count). The van der Waals surface area contributed by atoms with Crippen molar-refractivity contribution in [3.63, 3.8) is 0 Å². The molecule has 2 amide bonds. The average Bonchev–Trinajstić information content (AvgIpc) is 3.16. The predicted molar refractivity (Wildman–Crippen MR) is 94.9 cm³/mol. The molecule has 3 aliphatic rings. The van der Waals surface area contributed by atoms with Gasteiger partial charge in [-0.25, -0.2) is 0 Å². The number of carbonyl (C=O) groups excluding carboxylic acids is 2. The number of nitrogens with zero attached hydrogens (tertiary/aromatic N) is 2. The summed E-state index contributed by atoms with van der Waals surface area (Å²) < 4.78 is 0. The number of hydrogen-bond acceptors (Lipinski definition) is 3. The lowest BCUT2D eigenvalue weighted by Gasteiger charge is -2.35. The summed E-state index contributed by atoms with van der Waals surface area (Å²) in [6.45, 7) is 4.48. The van der Waals surface area contributed by atoms with Gasteiger partial charge in [0.15, 0.2) is 0 Å². The molecule has 3 fully saturated rings. The van der Waals surface area contributed by atoms with E-state index < -0.39 is 0 Å². The van der Waals surface area contributed by atoms with E-state index in [1.807, 2.05) is 4.90 Å². The molecular weight excluding hydrogens is 320 g/mol. The Balaban J connectivity index is 1.40. The van der Waals surface area contributed by atoms with Crippen molar-refractivity contribution in [2.45, 2.75) is 51.0 Å². The standard InChI is InChI=1S/C19H26N2O2S/c1-13-9-17(16-6-8-24-12-16)11-21(13)19(23)15-3-2-7-20(10-15)18(22)14-4-5-14/h6,8,12-15,17H,2-5,7,9-11H2,1H3.